The van der Waals surface area contributed by atoms with Gasteiger partial charge in [-0.05, 0) is 19.3 Å². The zero-order valence-electron chi connectivity index (χ0n) is 7.08. The van der Waals surface area contributed by atoms with Gasteiger partial charge in [0, 0.05) is 6.61 Å². The Bertz CT molecular complexity index is 278. The van der Waals surface area contributed by atoms with E-state index in [0.717, 1.165) is 0 Å². The highest BCUT2D eigenvalue weighted by Crippen LogP contribution is 2.27. The molecule has 1 atom stereocenters. The fourth-order valence-electron chi connectivity index (χ4n) is 0.983. The van der Waals surface area contributed by atoms with E-state index in [4.69, 9.17) is 4.74 Å². The van der Waals surface area contributed by atoms with Crippen molar-refractivity contribution < 1.29 is 30.5 Å². The minimum absolute atomic E-state index is 0.162. The monoisotopic (exact) mass is 234 g/mol. The second-order valence-electron chi connectivity index (χ2n) is 2.79. The van der Waals surface area contributed by atoms with E-state index in [1.807, 2.05) is 0 Å². The van der Waals surface area contributed by atoms with Crippen molar-refractivity contribution in [1.82, 2.24) is 0 Å². The van der Waals surface area contributed by atoms with Gasteiger partial charge in [0.15, 0.2) is 6.29 Å². The van der Waals surface area contributed by atoms with E-state index in [2.05, 4.69) is 4.18 Å². The predicted octanol–water partition coefficient (Wildman–Crippen LogP) is 1.38. The van der Waals surface area contributed by atoms with E-state index in [1.54, 1.807) is 0 Å². The first kappa shape index (κ1) is 11.7. The summed E-state index contributed by atoms with van der Waals surface area (Å²) in [5.74, 6) is 0. The van der Waals surface area contributed by atoms with E-state index in [9.17, 15) is 21.6 Å². The first-order valence-corrected chi connectivity index (χ1v) is 5.35. The molecule has 0 saturated carbocycles. The van der Waals surface area contributed by atoms with Crippen LogP contribution in [0.15, 0.2) is 0 Å². The van der Waals surface area contributed by atoms with Crippen LogP contribution in [0.3, 0.4) is 0 Å². The molecule has 8 heteroatoms. The zero-order chi connectivity index (χ0) is 10.8. The molecule has 0 spiro atoms. The molecular formula is C6H9F3O4S. The molecule has 0 aliphatic carbocycles. The van der Waals surface area contributed by atoms with Crippen LogP contribution in [0.1, 0.15) is 19.3 Å². The number of rotatable bonds is 2. The van der Waals surface area contributed by atoms with Gasteiger partial charge in [0.25, 0.3) is 0 Å². The molecule has 0 amide bonds. The molecule has 1 saturated heterocycles. The molecule has 1 fully saturated rings. The SMILES string of the molecule is O=S(=O)(O[C@H]1CCCCO1)C(F)(F)F. The Morgan fingerprint density at radius 3 is 2.36 bits per heavy atom. The number of ether oxygens (including phenoxy) is 1. The van der Waals surface area contributed by atoms with Crippen LogP contribution in [0.25, 0.3) is 0 Å². The van der Waals surface area contributed by atoms with Crippen molar-refractivity contribution in [3.63, 3.8) is 0 Å². The first-order chi connectivity index (χ1) is 6.33. The van der Waals surface area contributed by atoms with Crippen molar-refractivity contribution in [1.29, 1.82) is 0 Å². The van der Waals surface area contributed by atoms with Crippen molar-refractivity contribution in [3.8, 4) is 0 Å². The zero-order valence-corrected chi connectivity index (χ0v) is 7.90. The Morgan fingerprint density at radius 1 is 1.29 bits per heavy atom. The van der Waals surface area contributed by atoms with Crippen LogP contribution in [-0.2, 0) is 19.0 Å². The smallest absolute Gasteiger partial charge is 0.351 e. The van der Waals surface area contributed by atoms with Crippen molar-refractivity contribution in [2.75, 3.05) is 6.61 Å². The van der Waals surface area contributed by atoms with Crippen LogP contribution in [-0.4, -0.2) is 26.8 Å². The van der Waals surface area contributed by atoms with E-state index in [-0.39, 0.29) is 13.0 Å². The van der Waals surface area contributed by atoms with Crippen molar-refractivity contribution in [2.24, 2.45) is 0 Å². The van der Waals surface area contributed by atoms with E-state index < -0.39 is 21.9 Å². The summed E-state index contributed by atoms with van der Waals surface area (Å²) in [5.41, 5.74) is -5.38. The lowest BCUT2D eigenvalue weighted by Gasteiger charge is -2.22. The van der Waals surface area contributed by atoms with Crippen molar-refractivity contribution >= 4 is 10.1 Å². The molecule has 4 nitrogen and oxygen atoms in total. The Balaban J connectivity index is 2.58. The second kappa shape index (κ2) is 4.03. The third-order valence-electron chi connectivity index (χ3n) is 1.66. The summed E-state index contributed by atoms with van der Waals surface area (Å²) in [7, 11) is -5.52. The summed E-state index contributed by atoms with van der Waals surface area (Å²) >= 11 is 0. The summed E-state index contributed by atoms with van der Waals surface area (Å²) < 4.78 is 65.0. The standard InChI is InChI=1S/C6H9F3O4S/c7-6(8,9)14(10,11)13-5-3-1-2-4-12-5/h5H,1-4H2/t5-/m0/s1. The molecule has 0 unspecified atom stereocenters. The third-order valence-corrected chi connectivity index (χ3v) is 2.69. The summed E-state index contributed by atoms with van der Waals surface area (Å²) in [6.07, 6.45) is 0.162. The van der Waals surface area contributed by atoms with E-state index in [0.29, 0.717) is 12.8 Å². The van der Waals surface area contributed by atoms with Gasteiger partial charge in [0.1, 0.15) is 0 Å². The maximum absolute atomic E-state index is 11.8. The Morgan fingerprint density at radius 2 is 1.93 bits per heavy atom. The Kier molecular flexibility index (Phi) is 3.38. The highest BCUT2D eigenvalue weighted by molar-refractivity contribution is 7.87. The van der Waals surface area contributed by atoms with Gasteiger partial charge in [-0.1, -0.05) is 0 Å². The van der Waals surface area contributed by atoms with Crippen LogP contribution in [0.5, 0.6) is 0 Å². The lowest BCUT2D eigenvalue weighted by atomic mass is 10.2. The van der Waals surface area contributed by atoms with Crippen LogP contribution in [0.4, 0.5) is 13.2 Å². The largest absolute Gasteiger partial charge is 0.523 e. The maximum atomic E-state index is 11.8. The van der Waals surface area contributed by atoms with Crippen LogP contribution in [0.2, 0.25) is 0 Å². The van der Waals surface area contributed by atoms with Gasteiger partial charge in [-0.15, -0.1) is 0 Å². The molecule has 0 aromatic heterocycles. The van der Waals surface area contributed by atoms with Crippen LogP contribution in [0, 0.1) is 0 Å². The maximum Gasteiger partial charge on any atom is 0.523 e. The number of alkyl halides is 3. The number of hydrogen-bond donors (Lipinski definition) is 0. The molecule has 14 heavy (non-hydrogen) atoms. The molecule has 0 bridgehead atoms. The summed E-state index contributed by atoms with van der Waals surface area (Å²) in [5, 5.41) is 0. The van der Waals surface area contributed by atoms with E-state index in [1.165, 1.54) is 0 Å². The molecule has 1 aliphatic rings. The Hall–Kier alpha value is -0.340. The third kappa shape index (κ3) is 2.82. The molecular weight excluding hydrogens is 225 g/mol. The topological polar surface area (TPSA) is 52.6 Å². The van der Waals surface area contributed by atoms with Gasteiger partial charge in [0.2, 0.25) is 0 Å². The minimum atomic E-state index is -5.52. The quantitative estimate of drug-likeness (QED) is 0.535. The molecule has 1 aliphatic heterocycles. The molecule has 0 radical (unpaired) electrons. The minimum Gasteiger partial charge on any atom is -0.351 e. The fourth-order valence-corrected chi connectivity index (χ4v) is 1.53. The average molecular weight is 234 g/mol. The second-order valence-corrected chi connectivity index (χ2v) is 4.36. The molecule has 1 rings (SSSR count). The molecule has 0 aromatic carbocycles. The number of hydrogen-bond acceptors (Lipinski definition) is 4. The molecule has 84 valence electrons. The van der Waals surface area contributed by atoms with Gasteiger partial charge in [-0.3, -0.25) is 0 Å². The molecule has 1 heterocycles. The van der Waals surface area contributed by atoms with Crippen LogP contribution >= 0.6 is 0 Å². The summed E-state index contributed by atoms with van der Waals surface area (Å²) in [6, 6.07) is 0. The normalized spacial score (nSPS) is 24.9. The Labute approximate surface area is 79.1 Å². The lowest BCUT2D eigenvalue weighted by Crippen LogP contribution is -2.32. The highest BCUT2D eigenvalue weighted by atomic mass is 32.2. The molecule has 0 N–H and O–H groups in total. The van der Waals surface area contributed by atoms with E-state index >= 15 is 0 Å². The van der Waals surface area contributed by atoms with Gasteiger partial charge < -0.3 is 4.74 Å². The molecule has 0 aromatic rings. The van der Waals surface area contributed by atoms with Crippen molar-refractivity contribution in [3.05, 3.63) is 0 Å². The summed E-state index contributed by atoms with van der Waals surface area (Å²) in [4.78, 5) is 0. The fraction of sp³-hybridized carbons (Fsp3) is 1.00. The predicted molar refractivity (Wildman–Crippen MR) is 39.7 cm³/mol. The van der Waals surface area contributed by atoms with Gasteiger partial charge in [-0.2, -0.15) is 21.6 Å². The first-order valence-electron chi connectivity index (χ1n) is 3.94. The lowest BCUT2D eigenvalue weighted by molar-refractivity contribution is -0.121. The van der Waals surface area contributed by atoms with Gasteiger partial charge in [0.05, 0.1) is 0 Å². The highest BCUT2D eigenvalue weighted by Gasteiger charge is 2.48. The van der Waals surface area contributed by atoms with Crippen molar-refractivity contribution in [2.45, 2.75) is 31.1 Å². The van der Waals surface area contributed by atoms with Gasteiger partial charge >= 0.3 is 15.6 Å². The number of halogens is 3. The van der Waals surface area contributed by atoms with Gasteiger partial charge in [-0.25, -0.2) is 4.18 Å². The average Bonchev–Trinajstić information content (AvgIpc) is 2.03. The summed E-state index contributed by atoms with van der Waals surface area (Å²) in [6.45, 7) is 0.220. The van der Waals surface area contributed by atoms with Crippen LogP contribution < -0.4 is 0 Å².